The van der Waals surface area contributed by atoms with E-state index in [0.29, 0.717) is 35.3 Å². The van der Waals surface area contributed by atoms with Crippen LogP contribution in [0.1, 0.15) is 23.3 Å². The van der Waals surface area contributed by atoms with Gasteiger partial charge in [-0.05, 0) is 48.4 Å². The van der Waals surface area contributed by atoms with Crippen LogP contribution in [0.4, 0.5) is 15.8 Å². The molecule has 1 aliphatic heterocycles. The number of nitrogens with zero attached hydrogens (tertiary/aromatic N) is 4. The van der Waals surface area contributed by atoms with Gasteiger partial charge in [0.15, 0.2) is 5.69 Å². The van der Waals surface area contributed by atoms with Crippen molar-refractivity contribution in [3.63, 3.8) is 0 Å². The van der Waals surface area contributed by atoms with Gasteiger partial charge in [-0.1, -0.05) is 12.1 Å². The topological polar surface area (TPSA) is 80.1 Å². The third-order valence-electron chi connectivity index (χ3n) is 5.67. The molecule has 5 rings (SSSR count). The molecule has 2 aromatic carbocycles. The largest absolute Gasteiger partial charge is 0.320 e. The van der Waals surface area contributed by atoms with Crippen LogP contribution in [0.3, 0.4) is 0 Å². The minimum Gasteiger partial charge on any atom is -0.320 e. The highest BCUT2D eigenvalue weighted by molar-refractivity contribution is 6.12. The Labute approximate surface area is 183 Å². The van der Waals surface area contributed by atoms with E-state index < -0.39 is 11.7 Å². The number of fused-ring (bicyclic) bond motifs is 1. The second-order valence-corrected chi connectivity index (χ2v) is 7.68. The molecule has 1 aliphatic rings. The lowest BCUT2D eigenvalue weighted by molar-refractivity contribution is -0.117. The highest BCUT2D eigenvalue weighted by Gasteiger charge is 2.24. The molecule has 0 atom stereocenters. The first-order chi connectivity index (χ1) is 15.5. The molecule has 0 radical (unpaired) electrons. The van der Waals surface area contributed by atoms with Gasteiger partial charge >= 0.3 is 0 Å². The van der Waals surface area contributed by atoms with Crippen molar-refractivity contribution in [3.05, 3.63) is 72.4 Å². The molecule has 2 amide bonds. The van der Waals surface area contributed by atoms with E-state index in [2.05, 4.69) is 15.4 Å². The molecule has 32 heavy (non-hydrogen) atoms. The molecular weight excluding hydrogens is 409 g/mol. The lowest BCUT2D eigenvalue weighted by Crippen LogP contribution is -2.23. The van der Waals surface area contributed by atoms with E-state index in [1.54, 1.807) is 60.7 Å². The smallest absolute Gasteiger partial charge is 0.276 e. The highest BCUT2D eigenvalue weighted by atomic mass is 19.1. The second-order valence-electron chi connectivity index (χ2n) is 7.68. The Morgan fingerprint density at radius 1 is 1.06 bits per heavy atom. The lowest BCUT2D eigenvalue weighted by Gasteiger charge is -2.16. The molecule has 1 saturated heterocycles. The second kappa shape index (κ2) is 7.88. The molecule has 1 fully saturated rings. The van der Waals surface area contributed by atoms with E-state index in [1.807, 2.05) is 12.1 Å². The van der Waals surface area contributed by atoms with E-state index in [-0.39, 0.29) is 17.0 Å². The Morgan fingerprint density at radius 2 is 1.81 bits per heavy atom. The van der Waals surface area contributed by atoms with Gasteiger partial charge < -0.3 is 10.2 Å². The van der Waals surface area contributed by atoms with Crippen molar-refractivity contribution in [2.45, 2.75) is 12.8 Å². The molecule has 1 N–H and O–H groups in total. The molecule has 0 unspecified atom stereocenters. The van der Waals surface area contributed by atoms with Gasteiger partial charge in [0, 0.05) is 49.3 Å². The number of amides is 2. The Hall–Kier alpha value is -4.07. The summed E-state index contributed by atoms with van der Waals surface area (Å²) < 4.78 is 17.2. The number of benzene rings is 2. The van der Waals surface area contributed by atoms with Crippen molar-refractivity contribution in [1.82, 2.24) is 14.8 Å². The number of hydrogen-bond acceptors (Lipinski definition) is 4. The predicted molar refractivity (Wildman–Crippen MR) is 120 cm³/mol. The number of nitrogens with one attached hydrogen (secondary N) is 1. The zero-order valence-corrected chi connectivity index (χ0v) is 17.4. The Balaban J connectivity index is 1.52. The maximum atomic E-state index is 15.7. The van der Waals surface area contributed by atoms with E-state index in [4.69, 9.17) is 0 Å². The summed E-state index contributed by atoms with van der Waals surface area (Å²) >= 11 is 0. The first kappa shape index (κ1) is 19.9. The van der Waals surface area contributed by atoms with Crippen LogP contribution < -0.4 is 10.2 Å². The first-order valence-electron chi connectivity index (χ1n) is 10.3. The lowest BCUT2D eigenvalue weighted by atomic mass is 10.0. The Bertz CT molecular complexity index is 1330. The normalized spacial score (nSPS) is 13.7. The predicted octanol–water partition coefficient (Wildman–Crippen LogP) is 4.15. The van der Waals surface area contributed by atoms with Gasteiger partial charge in [-0.25, -0.2) is 4.39 Å². The molecule has 0 aliphatic carbocycles. The number of anilines is 2. The van der Waals surface area contributed by atoms with Gasteiger partial charge in [-0.3, -0.25) is 19.3 Å². The van der Waals surface area contributed by atoms with Crippen molar-refractivity contribution in [3.8, 4) is 11.1 Å². The third-order valence-corrected chi connectivity index (χ3v) is 5.67. The van der Waals surface area contributed by atoms with Crippen LogP contribution in [-0.2, 0) is 11.8 Å². The van der Waals surface area contributed by atoms with Gasteiger partial charge in [0.05, 0.1) is 10.9 Å². The Morgan fingerprint density at radius 3 is 2.50 bits per heavy atom. The van der Waals surface area contributed by atoms with Crippen molar-refractivity contribution >= 4 is 34.1 Å². The van der Waals surface area contributed by atoms with Crippen LogP contribution in [0.5, 0.6) is 0 Å². The monoisotopic (exact) mass is 429 g/mol. The number of halogens is 1. The molecule has 0 saturated carbocycles. The molecule has 2 aromatic heterocycles. The molecule has 8 heteroatoms. The van der Waals surface area contributed by atoms with Crippen LogP contribution in [0.25, 0.3) is 22.0 Å². The van der Waals surface area contributed by atoms with Crippen molar-refractivity contribution in [1.29, 1.82) is 0 Å². The molecule has 3 heterocycles. The average molecular weight is 429 g/mol. The highest BCUT2D eigenvalue weighted by Crippen LogP contribution is 2.32. The zero-order chi connectivity index (χ0) is 22.2. The van der Waals surface area contributed by atoms with Crippen LogP contribution in [-0.4, -0.2) is 33.1 Å². The summed E-state index contributed by atoms with van der Waals surface area (Å²) in [6.07, 6.45) is 4.52. The summed E-state index contributed by atoms with van der Waals surface area (Å²) in [5, 5.41) is 7.16. The standard InChI is InChI=1S/C24H20FN5O2/c1-29-19-9-8-18(15-4-6-17(7-5-15)30-14-2-3-20(30)31)22(25)21(19)23(28-29)24(32)27-16-10-12-26-13-11-16/h4-13H,2-3,14H2,1H3,(H,26,27,32). The number of carbonyl (C=O) groups excluding carboxylic acids is 2. The summed E-state index contributed by atoms with van der Waals surface area (Å²) in [6.45, 7) is 0.699. The van der Waals surface area contributed by atoms with Gasteiger partial charge in [-0.2, -0.15) is 5.10 Å². The fourth-order valence-corrected chi connectivity index (χ4v) is 4.06. The first-order valence-corrected chi connectivity index (χ1v) is 10.3. The van der Waals surface area contributed by atoms with Crippen molar-refractivity contribution in [2.24, 2.45) is 7.05 Å². The maximum absolute atomic E-state index is 15.7. The molecular formula is C24H20FN5O2. The number of rotatable bonds is 4. The van der Waals surface area contributed by atoms with Gasteiger partial charge in [0.25, 0.3) is 5.91 Å². The van der Waals surface area contributed by atoms with Crippen LogP contribution in [0, 0.1) is 5.82 Å². The summed E-state index contributed by atoms with van der Waals surface area (Å²) in [5.41, 5.74) is 2.90. The van der Waals surface area contributed by atoms with Crippen LogP contribution in [0.2, 0.25) is 0 Å². The van der Waals surface area contributed by atoms with Crippen molar-refractivity contribution < 1.29 is 14.0 Å². The maximum Gasteiger partial charge on any atom is 0.276 e. The minimum absolute atomic E-state index is 0.0120. The molecule has 4 aromatic rings. The van der Waals surface area contributed by atoms with E-state index in [1.165, 1.54) is 4.68 Å². The van der Waals surface area contributed by atoms with E-state index in [0.717, 1.165) is 12.1 Å². The number of pyridine rings is 1. The fraction of sp³-hybridized carbons (Fsp3) is 0.167. The molecule has 160 valence electrons. The van der Waals surface area contributed by atoms with Gasteiger partial charge in [-0.15, -0.1) is 0 Å². The molecule has 0 bridgehead atoms. The summed E-state index contributed by atoms with van der Waals surface area (Å²) in [6, 6.07) is 14.0. The zero-order valence-electron chi connectivity index (χ0n) is 17.4. The van der Waals surface area contributed by atoms with E-state index >= 15 is 4.39 Å². The van der Waals surface area contributed by atoms with Crippen LogP contribution in [0.15, 0.2) is 60.9 Å². The van der Waals surface area contributed by atoms with Gasteiger partial charge in [0.2, 0.25) is 5.91 Å². The SMILES string of the molecule is Cn1nc(C(=O)Nc2ccncc2)c2c(F)c(-c3ccc(N4CCCC4=O)cc3)ccc21. The quantitative estimate of drug-likeness (QED) is 0.528. The average Bonchev–Trinajstić information content (AvgIpc) is 3.38. The minimum atomic E-state index is -0.513. The third kappa shape index (κ3) is 3.39. The number of carbonyl (C=O) groups is 2. The summed E-state index contributed by atoms with van der Waals surface area (Å²) in [5.74, 6) is -0.910. The molecule has 0 spiro atoms. The van der Waals surface area contributed by atoms with Gasteiger partial charge in [0.1, 0.15) is 5.82 Å². The van der Waals surface area contributed by atoms with E-state index in [9.17, 15) is 9.59 Å². The van der Waals surface area contributed by atoms with Crippen molar-refractivity contribution in [2.75, 3.05) is 16.8 Å². The summed E-state index contributed by atoms with van der Waals surface area (Å²) in [4.78, 5) is 30.5. The molecule has 7 nitrogen and oxygen atoms in total. The Kier molecular flexibility index (Phi) is 4.89. The fourth-order valence-electron chi connectivity index (χ4n) is 4.06. The number of aryl methyl sites for hydroxylation is 1. The number of aromatic nitrogens is 3. The number of hydrogen-bond donors (Lipinski definition) is 1. The summed E-state index contributed by atoms with van der Waals surface area (Å²) in [7, 11) is 1.67. The van der Waals surface area contributed by atoms with Crippen LogP contribution >= 0.6 is 0 Å².